The van der Waals surface area contributed by atoms with Crippen LogP contribution in [0, 0.1) is 5.92 Å². The van der Waals surface area contributed by atoms with Crippen molar-refractivity contribution in [2.24, 2.45) is 5.92 Å². The van der Waals surface area contributed by atoms with Crippen LogP contribution in [0.25, 0.3) is 0 Å². The van der Waals surface area contributed by atoms with E-state index in [1.54, 1.807) is 11.3 Å². The number of thiophene rings is 1. The van der Waals surface area contributed by atoms with Crippen LogP contribution >= 0.6 is 11.3 Å². The molecule has 0 radical (unpaired) electrons. The summed E-state index contributed by atoms with van der Waals surface area (Å²) in [6, 6.07) is 10.2. The Morgan fingerprint density at radius 1 is 1.24 bits per heavy atom. The molecular weight excluding hydrogens is 384 g/mol. The molecule has 2 aromatic rings. The van der Waals surface area contributed by atoms with Crippen LogP contribution in [-0.2, 0) is 28.9 Å². The standard InChI is InChI=1S/C23H30N2O3S/c1-4-25(14-17-9-7-6-8-10-17)15-20(26)24-22-21(23(27)28-5-2)18-12-11-16(3)13-19(18)29-22/h6-10,16H,4-5,11-15H2,1-3H3,(H,24,26)/p+1/t16-/m1/s1. The van der Waals surface area contributed by atoms with Crippen LogP contribution in [0.3, 0.4) is 0 Å². The third-order valence-corrected chi connectivity index (χ3v) is 6.62. The molecule has 1 aliphatic rings. The predicted molar refractivity (Wildman–Crippen MR) is 117 cm³/mol. The van der Waals surface area contributed by atoms with Crippen molar-refractivity contribution in [3.63, 3.8) is 0 Å². The predicted octanol–water partition coefficient (Wildman–Crippen LogP) is 3.09. The Morgan fingerprint density at radius 3 is 2.69 bits per heavy atom. The molecule has 0 fully saturated rings. The number of carbonyl (C=O) groups excluding carboxylic acids is 2. The van der Waals surface area contributed by atoms with Gasteiger partial charge >= 0.3 is 5.97 Å². The fourth-order valence-electron chi connectivity index (χ4n) is 3.85. The number of carbonyl (C=O) groups is 2. The van der Waals surface area contributed by atoms with E-state index < -0.39 is 0 Å². The van der Waals surface area contributed by atoms with E-state index in [9.17, 15) is 9.59 Å². The number of rotatable bonds is 8. The molecule has 1 unspecified atom stereocenters. The van der Waals surface area contributed by atoms with Crippen molar-refractivity contribution >= 4 is 28.2 Å². The first-order valence-electron chi connectivity index (χ1n) is 10.5. The zero-order chi connectivity index (χ0) is 20.8. The van der Waals surface area contributed by atoms with E-state index in [2.05, 4.69) is 31.3 Å². The van der Waals surface area contributed by atoms with E-state index in [0.29, 0.717) is 29.6 Å². The Labute approximate surface area is 177 Å². The Morgan fingerprint density at radius 2 is 2.00 bits per heavy atom. The first-order chi connectivity index (χ1) is 14.0. The summed E-state index contributed by atoms with van der Waals surface area (Å²) in [5.74, 6) is 0.222. The van der Waals surface area contributed by atoms with Crippen LogP contribution in [0.2, 0.25) is 0 Å². The summed E-state index contributed by atoms with van der Waals surface area (Å²) >= 11 is 1.54. The highest BCUT2D eigenvalue weighted by Gasteiger charge is 2.29. The molecule has 0 aliphatic heterocycles. The van der Waals surface area contributed by atoms with E-state index in [1.165, 1.54) is 15.3 Å². The molecular formula is C23H31N2O3S+. The van der Waals surface area contributed by atoms with E-state index in [1.807, 2.05) is 25.1 Å². The molecule has 0 saturated carbocycles. The maximum Gasteiger partial charge on any atom is 0.341 e. The monoisotopic (exact) mass is 415 g/mol. The molecule has 5 nitrogen and oxygen atoms in total. The van der Waals surface area contributed by atoms with Crippen molar-refractivity contribution in [3.05, 3.63) is 51.9 Å². The molecule has 1 aliphatic carbocycles. The van der Waals surface area contributed by atoms with Gasteiger partial charge in [-0.15, -0.1) is 11.3 Å². The maximum atomic E-state index is 12.8. The molecule has 0 saturated heterocycles. The minimum atomic E-state index is -0.321. The van der Waals surface area contributed by atoms with Crippen molar-refractivity contribution in [1.82, 2.24) is 0 Å². The van der Waals surface area contributed by atoms with Crippen molar-refractivity contribution in [2.45, 2.75) is 46.6 Å². The van der Waals surface area contributed by atoms with Crippen LogP contribution in [0.4, 0.5) is 5.00 Å². The number of likely N-dealkylation sites (N-methyl/N-ethyl adjacent to an activating group) is 1. The van der Waals surface area contributed by atoms with E-state index in [4.69, 9.17) is 4.74 Å². The van der Waals surface area contributed by atoms with Gasteiger partial charge in [-0.2, -0.15) is 0 Å². The zero-order valence-corrected chi connectivity index (χ0v) is 18.4. The second-order valence-corrected chi connectivity index (χ2v) is 8.87. The molecule has 2 atom stereocenters. The SMILES string of the molecule is CCOC(=O)c1c(NC(=O)C[NH+](CC)Cc2ccccc2)sc2c1CC[C@@H](C)C2. The van der Waals surface area contributed by atoms with Crippen molar-refractivity contribution in [3.8, 4) is 0 Å². The molecule has 6 heteroatoms. The third-order valence-electron chi connectivity index (χ3n) is 5.45. The number of amides is 1. The van der Waals surface area contributed by atoms with E-state index in [0.717, 1.165) is 37.9 Å². The lowest BCUT2D eigenvalue weighted by Gasteiger charge is -2.18. The molecule has 2 N–H and O–H groups in total. The van der Waals surface area contributed by atoms with Crippen LogP contribution in [0.1, 0.15) is 53.6 Å². The van der Waals surface area contributed by atoms with Gasteiger partial charge in [0.1, 0.15) is 11.5 Å². The third kappa shape index (κ3) is 5.46. The smallest absolute Gasteiger partial charge is 0.341 e. The summed E-state index contributed by atoms with van der Waals surface area (Å²) in [5.41, 5.74) is 2.86. The molecule has 0 spiro atoms. The lowest BCUT2D eigenvalue weighted by Crippen LogP contribution is -3.11. The summed E-state index contributed by atoms with van der Waals surface area (Å²) in [5, 5.41) is 3.69. The van der Waals surface area contributed by atoms with E-state index in [-0.39, 0.29) is 11.9 Å². The number of ether oxygens (including phenoxy) is 1. The molecule has 1 aromatic heterocycles. The van der Waals surface area contributed by atoms with Gasteiger partial charge in [-0.05, 0) is 44.6 Å². The number of benzene rings is 1. The van der Waals surface area contributed by atoms with Crippen LogP contribution in [-0.4, -0.2) is 31.6 Å². The lowest BCUT2D eigenvalue weighted by molar-refractivity contribution is -0.903. The van der Waals surface area contributed by atoms with Gasteiger partial charge in [-0.3, -0.25) is 4.79 Å². The van der Waals surface area contributed by atoms with Crippen LogP contribution in [0.5, 0.6) is 0 Å². The largest absolute Gasteiger partial charge is 0.462 e. The van der Waals surface area contributed by atoms with Gasteiger partial charge in [0.2, 0.25) is 0 Å². The van der Waals surface area contributed by atoms with Gasteiger partial charge in [-0.1, -0.05) is 37.3 Å². The molecule has 1 amide bonds. The number of quaternary nitrogens is 1. The second-order valence-electron chi connectivity index (χ2n) is 7.77. The Balaban J connectivity index is 1.74. The fourth-order valence-corrected chi connectivity index (χ4v) is 5.27. The van der Waals surface area contributed by atoms with Gasteiger partial charge in [-0.25, -0.2) is 4.79 Å². The lowest BCUT2D eigenvalue weighted by atomic mass is 9.88. The zero-order valence-electron chi connectivity index (χ0n) is 17.5. The maximum absolute atomic E-state index is 12.8. The minimum Gasteiger partial charge on any atom is -0.462 e. The van der Waals surface area contributed by atoms with Gasteiger partial charge < -0.3 is 15.0 Å². The first kappa shape index (κ1) is 21.5. The van der Waals surface area contributed by atoms with Gasteiger partial charge in [0.05, 0.1) is 18.7 Å². The first-order valence-corrected chi connectivity index (χ1v) is 11.3. The quantitative estimate of drug-likeness (QED) is 0.652. The number of nitrogens with one attached hydrogen (secondary N) is 2. The fraction of sp³-hybridized carbons (Fsp3) is 0.478. The van der Waals surface area contributed by atoms with Gasteiger partial charge in [0.25, 0.3) is 5.91 Å². The molecule has 156 valence electrons. The number of hydrogen-bond donors (Lipinski definition) is 2. The highest BCUT2D eigenvalue weighted by atomic mass is 32.1. The highest BCUT2D eigenvalue weighted by Crippen LogP contribution is 2.40. The number of fused-ring (bicyclic) bond motifs is 1. The summed E-state index contributed by atoms with van der Waals surface area (Å²) in [6.07, 6.45) is 2.90. The number of anilines is 1. The van der Waals surface area contributed by atoms with Gasteiger partial charge in [0, 0.05) is 10.4 Å². The van der Waals surface area contributed by atoms with Gasteiger partial charge in [0.15, 0.2) is 6.54 Å². The number of esters is 1. The average molecular weight is 416 g/mol. The molecule has 29 heavy (non-hydrogen) atoms. The average Bonchev–Trinajstić information content (AvgIpc) is 3.05. The Kier molecular flexibility index (Phi) is 7.45. The summed E-state index contributed by atoms with van der Waals surface area (Å²) in [7, 11) is 0. The molecule has 1 heterocycles. The molecule has 3 rings (SSSR count). The second kappa shape index (κ2) is 10.0. The van der Waals surface area contributed by atoms with E-state index >= 15 is 0 Å². The van der Waals surface area contributed by atoms with Crippen LogP contribution < -0.4 is 10.2 Å². The topological polar surface area (TPSA) is 59.8 Å². The molecule has 1 aromatic carbocycles. The Bertz CT molecular complexity index is 847. The summed E-state index contributed by atoms with van der Waals surface area (Å²) in [4.78, 5) is 27.8. The van der Waals surface area contributed by atoms with Crippen molar-refractivity contribution in [1.29, 1.82) is 0 Å². The molecule has 0 bridgehead atoms. The summed E-state index contributed by atoms with van der Waals surface area (Å²) < 4.78 is 5.29. The summed E-state index contributed by atoms with van der Waals surface area (Å²) in [6.45, 7) is 8.48. The normalized spacial score (nSPS) is 16.7. The highest BCUT2D eigenvalue weighted by molar-refractivity contribution is 7.17. The van der Waals surface area contributed by atoms with Crippen molar-refractivity contribution < 1.29 is 19.2 Å². The van der Waals surface area contributed by atoms with Crippen molar-refractivity contribution in [2.75, 3.05) is 25.0 Å². The Hall–Kier alpha value is -2.18. The van der Waals surface area contributed by atoms with Crippen LogP contribution in [0.15, 0.2) is 30.3 Å². The minimum absolute atomic E-state index is 0.0602. The number of hydrogen-bond acceptors (Lipinski definition) is 4.